The standard InChI is InChI=1S/C48H26N4/c49-27-29-25-43(51-41-23-11-9-21-38(41)45-34-17-5-1-13-30(34)32-15-3-7-19-36(32)47(45)51)40(28-50)44(26-29)52-42-24-12-10-22-39(42)46-35-18-6-2-14-31(35)33-16-4-8-20-37(33)48(46)52/h1-26H. The molecule has 0 aliphatic heterocycles. The summed E-state index contributed by atoms with van der Waals surface area (Å²) < 4.78 is 4.45. The van der Waals surface area contributed by atoms with E-state index >= 15 is 0 Å². The van der Waals surface area contributed by atoms with Gasteiger partial charge in [-0.25, -0.2) is 0 Å². The Morgan fingerprint density at radius 1 is 0.346 bits per heavy atom. The first-order valence-electron chi connectivity index (χ1n) is 17.4. The van der Waals surface area contributed by atoms with Gasteiger partial charge in [-0.3, -0.25) is 0 Å². The van der Waals surface area contributed by atoms with Crippen LogP contribution >= 0.6 is 0 Å². The van der Waals surface area contributed by atoms with Crippen molar-refractivity contribution in [2.24, 2.45) is 0 Å². The molecule has 0 spiro atoms. The molecule has 2 aromatic heterocycles. The molecule has 11 aromatic rings. The fourth-order valence-corrected chi connectivity index (χ4v) is 8.90. The van der Waals surface area contributed by atoms with E-state index in [4.69, 9.17) is 0 Å². The molecule has 0 aliphatic rings. The molecule has 0 unspecified atom stereocenters. The molecule has 0 bridgehead atoms. The van der Waals surface area contributed by atoms with Gasteiger partial charge in [-0.2, -0.15) is 10.5 Å². The van der Waals surface area contributed by atoms with Crippen molar-refractivity contribution >= 4 is 86.7 Å². The van der Waals surface area contributed by atoms with Crippen LogP contribution in [0.5, 0.6) is 0 Å². The van der Waals surface area contributed by atoms with E-state index in [1.807, 2.05) is 24.3 Å². The zero-order valence-corrected chi connectivity index (χ0v) is 27.8. The lowest BCUT2D eigenvalue weighted by Gasteiger charge is -2.18. The second-order valence-electron chi connectivity index (χ2n) is 13.4. The number of benzene rings is 9. The normalized spacial score (nSPS) is 11.8. The number of para-hydroxylation sites is 2. The minimum atomic E-state index is 0.482. The summed E-state index contributed by atoms with van der Waals surface area (Å²) in [4.78, 5) is 0. The zero-order valence-electron chi connectivity index (χ0n) is 27.8. The lowest BCUT2D eigenvalue weighted by atomic mass is 9.96. The molecule has 2 heterocycles. The highest BCUT2D eigenvalue weighted by molar-refractivity contribution is 6.33. The van der Waals surface area contributed by atoms with E-state index in [9.17, 15) is 10.5 Å². The van der Waals surface area contributed by atoms with Crippen LogP contribution in [0.4, 0.5) is 0 Å². The molecule has 9 aromatic carbocycles. The van der Waals surface area contributed by atoms with Crippen LogP contribution in [-0.4, -0.2) is 9.13 Å². The van der Waals surface area contributed by atoms with Crippen LogP contribution < -0.4 is 0 Å². The summed E-state index contributed by atoms with van der Waals surface area (Å²) in [6.45, 7) is 0. The Morgan fingerprint density at radius 3 is 1.06 bits per heavy atom. The first kappa shape index (κ1) is 28.4. The summed E-state index contributed by atoms with van der Waals surface area (Å²) in [6.07, 6.45) is 0. The summed E-state index contributed by atoms with van der Waals surface area (Å²) in [5.41, 5.74) is 6.34. The van der Waals surface area contributed by atoms with Crippen LogP contribution in [0.1, 0.15) is 11.1 Å². The largest absolute Gasteiger partial charge is 0.307 e. The molecule has 4 heteroatoms. The van der Waals surface area contributed by atoms with Crippen LogP contribution in [0, 0.1) is 22.7 Å². The molecule has 0 N–H and O–H groups in total. The van der Waals surface area contributed by atoms with E-state index in [1.54, 1.807) is 0 Å². The minimum absolute atomic E-state index is 0.482. The molecule has 4 nitrogen and oxygen atoms in total. The first-order chi connectivity index (χ1) is 25.8. The van der Waals surface area contributed by atoms with Crippen LogP contribution in [-0.2, 0) is 0 Å². The highest BCUT2D eigenvalue weighted by Gasteiger charge is 2.25. The Bertz CT molecular complexity index is 3220. The average Bonchev–Trinajstić information content (AvgIpc) is 3.75. The van der Waals surface area contributed by atoms with E-state index < -0.39 is 0 Å². The third-order valence-corrected chi connectivity index (χ3v) is 10.9. The topological polar surface area (TPSA) is 57.4 Å². The van der Waals surface area contributed by atoms with Gasteiger partial charge in [0.15, 0.2) is 0 Å². The maximum absolute atomic E-state index is 11.4. The molecule has 238 valence electrons. The molecule has 0 amide bonds. The SMILES string of the molecule is N#Cc1cc(-n2c3ccccc3c3c4ccccc4c4ccccc4c32)c(C#N)c(-n2c3ccccc3c3c4ccccc4c4ccccc4c32)c1. The second kappa shape index (κ2) is 10.6. The summed E-state index contributed by atoms with van der Waals surface area (Å²) >= 11 is 0. The fourth-order valence-electron chi connectivity index (χ4n) is 8.90. The average molecular weight is 659 g/mol. The highest BCUT2D eigenvalue weighted by atomic mass is 15.0. The molecule has 0 atom stereocenters. The molecule has 0 radical (unpaired) electrons. The van der Waals surface area contributed by atoms with Gasteiger partial charge in [-0.15, -0.1) is 0 Å². The monoisotopic (exact) mass is 658 g/mol. The first-order valence-corrected chi connectivity index (χ1v) is 17.4. The fraction of sp³-hybridized carbons (Fsp3) is 0. The number of nitriles is 2. The maximum atomic E-state index is 11.4. The van der Waals surface area contributed by atoms with Gasteiger partial charge in [0.2, 0.25) is 0 Å². The number of rotatable bonds is 2. The Morgan fingerprint density at radius 2 is 0.673 bits per heavy atom. The van der Waals surface area contributed by atoms with Gasteiger partial charge >= 0.3 is 0 Å². The van der Waals surface area contributed by atoms with E-state index in [1.165, 1.54) is 10.8 Å². The van der Waals surface area contributed by atoms with Gasteiger partial charge in [0.1, 0.15) is 11.6 Å². The van der Waals surface area contributed by atoms with Crippen molar-refractivity contribution < 1.29 is 0 Å². The Balaban J connectivity index is 1.38. The predicted octanol–water partition coefficient (Wildman–Crippen LogP) is 12.2. The van der Waals surface area contributed by atoms with Crippen LogP contribution in [0.3, 0.4) is 0 Å². The van der Waals surface area contributed by atoms with Crippen LogP contribution in [0.2, 0.25) is 0 Å². The number of hydrogen-bond donors (Lipinski definition) is 0. The summed E-state index contributed by atoms with van der Waals surface area (Å²) in [6, 6.07) is 59.9. The van der Waals surface area contributed by atoms with Crippen molar-refractivity contribution in [3.63, 3.8) is 0 Å². The van der Waals surface area contributed by atoms with Crippen LogP contribution in [0.15, 0.2) is 158 Å². The summed E-state index contributed by atoms with van der Waals surface area (Å²) in [7, 11) is 0. The zero-order chi connectivity index (χ0) is 34.5. The minimum Gasteiger partial charge on any atom is -0.307 e. The summed E-state index contributed by atoms with van der Waals surface area (Å²) in [5.74, 6) is 0. The highest BCUT2D eigenvalue weighted by Crippen LogP contribution is 2.46. The molecule has 0 fully saturated rings. The molecule has 0 aliphatic carbocycles. The van der Waals surface area contributed by atoms with E-state index in [0.29, 0.717) is 22.5 Å². The van der Waals surface area contributed by atoms with Gasteiger partial charge in [-0.05, 0) is 56.6 Å². The Kier molecular flexibility index (Phi) is 5.77. The lowest BCUT2D eigenvalue weighted by Crippen LogP contribution is -2.06. The van der Waals surface area contributed by atoms with Crippen molar-refractivity contribution in [2.45, 2.75) is 0 Å². The number of nitrogens with zero attached hydrogens (tertiary/aromatic N) is 4. The number of fused-ring (bicyclic) bond motifs is 16. The van der Waals surface area contributed by atoms with Crippen LogP contribution in [0.25, 0.3) is 98.1 Å². The van der Waals surface area contributed by atoms with Crippen molar-refractivity contribution in [3.05, 3.63) is 169 Å². The van der Waals surface area contributed by atoms with Crippen molar-refractivity contribution in [3.8, 4) is 23.5 Å². The van der Waals surface area contributed by atoms with Crippen molar-refractivity contribution in [2.75, 3.05) is 0 Å². The lowest BCUT2D eigenvalue weighted by molar-refractivity contribution is 1.12. The molecule has 11 rings (SSSR count). The molecule has 52 heavy (non-hydrogen) atoms. The Hall–Kier alpha value is -7.40. The van der Waals surface area contributed by atoms with Gasteiger partial charge in [0, 0.05) is 32.3 Å². The molecule has 0 saturated heterocycles. The molecule has 0 saturated carbocycles. The van der Waals surface area contributed by atoms with Crippen molar-refractivity contribution in [1.82, 2.24) is 9.13 Å². The van der Waals surface area contributed by atoms with Gasteiger partial charge < -0.3 is 9.13 Å². The quantitative estimate of drug-likeness (QED) is 0.174. The smallest absolute Gasteiger partial charge is 0.104 e. The molecular formula is C48H26N4. The van der Waals surface area contributed by atoms with E-state index in [2.05, 4.69) is 155 Å². The number of aromatic nitrogens is 2. The van der Waals surface area contributed by atoms with Gasteiger partial charge in [-0.1, -0.05) is 133 Å². The maximum Gasteiger partial charge on any atom is 0.104 e. The third kappa shape index (κ3) is 3.63. The Labute approximate surface area is 297 Å². The summed E-state index contributed by atoms with van der Waals surface area (Å²) in [5, 5.41) is 35.6. The van der Waals surface area contributed by atoms with Gasteiger partial charge in [0.05, 0.1) is 45.1 Å². The third-order valence-electron chi connectivity index (χ3n) is 10.9. The molecular weight excluding hydrogens is 633 g/mol. The van der Waals surface area contributed by atoms with Gasteiger partial charge in [0.25, 0.3) is 0 Å². The van der Waals surface area contributed by atoms with E-state index in [-0.39, 0.29) is 0 Å². The predicted molar refractivity (Wildman–Crippen MR) is 215 cm³/mol. The van der Waals surface area contributed by atoms with E-state index in [0.717, 1.165) is 75.9 Å². The number of hydrogen-bond acceptors (Lipinski definition) is 2. The second-order valence-corrected chi connectivity index (χ2v) is 13.4. The van der Waals surface area contributed by atoms with Crippen molar-refractivity contribution in [1.29, 1.82) is 10.5 Å².